The Morgan fingerprint density at radius 2 is 2.05 bits per heavy atom. The summed E-state index contributed by atoms with van der Waals surface area (Å²) in [6, 6.07) is 1.60. The van der Waals surface area contributed by atoms with Crippen LogP contribution in [0.15, 0.2) is 6.07 Å². The molecule has 2 aromatic rings. The quantitative estimate of drug-likeness (QED) is 0.676. The van der Waals surface area contributed by atoms with E-state index >= 15 is 0 Å². The third-order valence-electron chi connectivity index (χ3n) is 2.90. The predicted octanol–water partition coefficient (Wildman–Crippen LogP) is 1.64. The number of carbonyl (C=O) groups excluding carboxylic acids is 2. The third-order valence-corrected chi connectivity index (χ3v) is 4.61. The van der Waals surface area contributed by atoms with Crippen LogP contribution < -0.4 is 5.14 Å². The molecule has 0 fully saturated rings. The maximum Gasteiger partial charge on any atom is 0.393 e. The summed E-state index contributed by atoms with van der Waals surface area (Å²) in [5.41, 5.74) is 1.88. The Balaban J connectivity index is 2.47. The van der Waals surface area contributed by atoms with Crippen molar-refractivity contribution in [3.63, 3.8) is 0 Å². The Morgan fingerprint density at radius 3 is 2.67 bits per heavy atom. The van der Waals surface area contributed by atoms with Gasteiger partial charge in [-0.1, -0.05) is 0 Å². The number of hydrogen-bond acceptors (Lipinski definition) is 7. The van der Waals surface area contributed by atoms with Crippen LogP contribution in [0, 0.1) is 6.92 Å². The van der Waals surface area contributed by atoms with E-state index in [1.165, 1.54) is 6.92 Å². The van der Waals surface area contributed by atoms with Gasteiger partial charge in [0.05, 0.1) is 17.3 Å². The van der Waals surface area contributed by atoms with E-state index in [1.807, 2.05) is 6.92 Å². The minimum Gasteiger partial charge on any atom is -0.459 e. The number of fused-ring (bicyclic) bond motifs is 1. The molecule has 0 spiro atoms. The van der Waals surface area contributed by atoms with E-state index in [4.69, 9.17) is 14.6 Å². The molecule has 0 saturated heterocycles. The molecule has 1 atom stereocenters. The summed E-state index contributed by atoms with van der Waals surface area (Å²) >= 11 is 0. The fourth-order valence-corrected chi connectivity index (χ4v) is 3.36. The second-order valence-corrected chi connectivity index (χ2v) is 5.86. The van der Waals surface area contributed by atoms with Crippen molar-refractivity contribution < 1.29 is 19.1 Å². The van der Waals surface area contributed by atoms with Crippen LogP contribution in [-0.4, -0.2) is 28.7 Å². The van der Waals surface area contributed by atoms with Gasteiger partial charge in [-0.3, -0.25) is 4.79 Å². The van der Waals surface area contributed by atoms with Gasteiger partial charge in [-0.15, -0.1) is 10.2 Å². The van der Waals surface area contributed by atoms with Gasteiger partial charge in [-0.05, 0) is 13.8 Å². The van der Waals surface area contributed by atoms with Crippen molar-refractivity contribution in [3.05, 3.63) is 22.2 Å². The van der Waals surface area contributed by atoms with Crippen molar-refractivity contribution in [2.45, 2.75) is 27.4 Å². The second-order valence-electron chi connectivity index (χ2n) is 4.33. The van der Waals surface area contributed by atoms with Crippen LogP contribution in [0.5, 0.6) is 0 Å². The number of aryl methyl sites for hydroxylation is 1. The lowest BCUT2D eigenvalue weighted by Crippen LogP contribution is -2.05. The molecule has 112 valence electrons. The summed E-state index contributed by atoms with van der Waals surface area (Å²) in [5.74, 6) is -0.837. The second kappa shape index (κ2) is 6.15. The molecule has 0 saturated carbocycles. The highest BCUT2D eigenvalue weighted by Crippen LogP contribution is 2.34. The fourth-order valence-electron chi connectivity index (χ4n) is 1.89. The summed E-state index contributed by atoms with van der Waals surface area (Å²) in [5, 5.41) is 14.2. The first-order valence-corrected chi connectivity index (χ1v) is 7.61. The monoisotopic (exact) mass is 310 g/mol. The van der Waals surface area contributed by atoms with Crippen molar-refractivity contribution >= 4 is 32.8 Å². The van der Waals surface area contributed by atoms with Gasteiger partial charge in [-0.2, -0.15) is 5.10 Å². The molecule has 2 heterocycles. The normalized spacial score (nSPS) is 11.5. The maximum absolute atomic E-state index is 11.9. The molecule has 0 aromatic carbocycles. The summed E-state index contributed by atoms with van der Waals surface area (Å²) in [7, 11) is -0.910. The molecule has 0 amide bonds. The number of hydrogen-bond donors (Lipinski definition) is 1. The van der Waals surface area contributed by atoms with Gasteiger partial charge in [0.25, 0.3) is 4.88 Å². The molecule has 0 aliphatic heterocycles. The SMILES string of the molecule is CCOC(=O)c1cc2nnc(COC(C)=O)c(C)c2[s+]1N. The number of esters is 2. The number of rotatable bonds is 4. The van der Waals surface area contributed by atoms with E-state index < -0.39 is 22.6 Å². The standard InChI is InChI=1S/C13H16N3O4S/c1-4-19-13(18)11-5-9-12(21(11)14)7(2)10(16-15-9)6-20-8(3)17/h5H,4,6,14H2,1-3H3/q+1. The number of carbonyl (C=O) groups is 2. The molecule has 2 rings (SSSR count). The number of thiophene rings is 1. The average Bonchev–Trinajstić information content (AvgIpc) is 2.76. The molecule has 0 aliphatic carbocycles. The molecular weight excluding hydrogens is 294 g/mol. The highest BCUT2D eigenvalue weighted by atomic mass is 32.2. The van der Waals surface area contributed by atoms with Crippen LogP contribution in [0.3, 0.4) is 0 Å². The van der Waals surface area contributed by atoms with E-state index in [9.17, 15) is 9.59 Å². The van der Waals surface area contributed by atoms with Crippen LogP contribution >= 0.6 is 10.7 Å². The lowest BCUT2D eigenvalue weighted by Gasteiger charge is -2.02. The molecule has 0 bridgehead atoms. The highest BCUT2D eigenvalue weighted by molar-refractivity contribution is 7.38. The summed E-state index contributed by atoms with van der Waals surface area (Å²) in [4.78, 5) is 23.1. The number of nitrogens with zero attached hydrogens (tertiary/aromatic N) is 2. The largest absolute Gasteiger partial charge is 0.459 e. The Kier molecular flexibility index (Phi) is 4.49. The van der Waals surface area contributed by atoms with Crippen LogP contribution in [0.1, 0.15) is 34.8 Å². The number of ether oxygens (including phenoxy) is 2. The molecule has 0 radical (unpaired) electrons. The van der Waals surface area contributed by atoms with Crippen LogP contribution in [0.4, 0.5) is 0 Å². The zero-order chi connectivity index (χ0) is 15.6. The van der Waals surface area contributed by atoms with E-state index in [0.717, 1.165) is 10.3 Å². The van der Waals surface area contributed by atoms with Gasteiger partial charge in [0.2, 0.25) is 4.70 Å². The first-order valence-electron chi connectivity index (χ1n) is 6.32. The first kappa shape index (κ1) is 15.3. The predicted molar refractivity (Wildman–Crippen MR) is 78.3 cm³/mol. The highest BCUT2D eigenvalue weighted by Gasteiger charge is 2.29. The topological polar surface area (TPSA) is 104 Å². The lowest BCUT2D eigenvalue weighted by atomic mass is 10.2. The van der Waals surface area contributed by atoms with Crippen molar-refractivity contribution in [2.75, 3.05) is 11.7 Å². The summed E-state index contributed by atoms with van der Waals surface area (Å²) in [6.45, 7) is 5.20. The van der Waals surface area contributed by atoms with Gasteiger partial charge >= 0.3 is 11.9 Å². The van der Waals surface area contributed by atoms with Gasteiger partial charge in [0, 0.05) is 18.6 Å². The lowest BCUT2D eigenvalue weighted by molar-refractivity contribution is -0.142. The Morgan fingerprint density at radius 1 is 1.33 bits per heavy atom. The van der Waals surface area contributed by atoms with E-state index in [-0.39, 0.29) is 13.2 Å². The van der Waals surface area contributed by atoms with Crippen LogP contribution in [-0.2, 0) is 20.9 Å². The average molecular weight is 310 g/mol. The molecular formula is C13H16N3O4S+. The number of nitrogens with two attached hydrogens (primary N) is 1. The minimum atomic E-state index is -0.910. The Labute approximate surface area is 124 Å². The zero-order valence-electron chi connectivity index (χ0n) is 12.0. The fraction of sp³-hybridized carbons (Fsp3) is 0.385. The van der Waals surface area contributed by atoms with Crippen molar-refractivity contribution in [1.29, 1.82) is 0 Å². The Hall–Kier alpha value is -2.06. The van der Waals surface area contributed by atoms with E-state index in [2.05, 4.69) is 10.2 Å². The third kappa shape index (κ3) is 3.01. The number of aromatic nitrogens is 2. The van der Waals surface area contributed by atoms with E-state index in [1.54, 1.807) is 13.0 Å². The maximum atomic E-state index is 11.9. The van der Waals surface area contributed by atoms with E-state index in [0.29, 0.717) is 16.1 Å². The first-order chi connectivity index (χ1) is 9.95. The Bertz CT molecular complexity index is 711. The smallest absolute Gasteiger partial charge is 0.393 e. The van der Waals surface area contributed by atoms with Crippen LogP contribution in [0.25, 0.3) is 10.2 Å². The van der Waals surface area contributed by atoms with Gasteiger partial charge in [-0.25, -0.2) is 4.79 Å². The zero-order valence-corrected chi connectivity index (χ0v) is 12.8. The molecule has 8 heteroatoms. The minimum absolute atomic E-state index is 0.0351. The molecule has 2 aromatic heterocycles. The molecule has 2 N–H and O–H groups in total. The van der Waals surface area contributed by atoms with Gasteiger partial charge in [0.15, 0.2) is 5.52 Å². The number of nitrogen functional groups attached to an aromatic ring is 1. The summed E-state index contributed by atoms with van der Waals surface area (Å²) < 4.78 is 10.7. The van der Waals surface area contributed by atoms with Crippen molar-refractivity contribution in [2.24, 2.45) is 0 Å². The molecule has 1 unspecified atom stereocenters. The van der Waals surface area contributed by atoms with Gasteiger partial charge < -0.3 is 9.47 Å². The molecule has 7 nitrogen and oxygen atoms in total. The van der Waals surface area contributed by atoms with Crippen molar-refractivity contribution in [1.82, 2.24) is 10.2 Å². The van der Waals surface area contributed by atoms with Crippen LogP contribution in [0.2, 0.25) is 0 Å². The molecule has 0 aliphatic rings. The van der Waals surface area contributed by atoms with Gasteiger partial charge in [0.1, 0.15) is 12.3 Å². The summed E-state index contributed by atoms with van der Waals surface area (Å²) in [6.07, 6.45) is 0. The van der Waals surface area contributed by atoms with Crippen molar-refractivity contribution in [3.8, 4) is 0 Å². The molecule has 21 heavy (non-hydrogen) atoms.